The van der Waals surface area contributed by atoms with Crippen molar-refractivity contribution in [3.8, 4) is 0 Å². The minimum atomic E-state index is -0.252. The van der Waals surface area contributed by atoms with E-state index in [9.17, 15) is 4.79 Å². The minimum absolute atomic E-state index is 0.00290. The van der Waals surface area contributed by atoms with Gasteiger partial charge in [0.2, 0.25) is 5.91 Å². The second-order valence-corrected chi connectivity index (χ2v) is 6.78. The first-order valence-corrected chi connectivity index (χ1v) is 8.32. The zero-order chi connectivity index (χ0) is 15.8. The lowest BCUT2D eigenvalue weighted by atomic mass is 10.0. The fourth-order valence-electron chi connectivity index (χ4n) is 2.12. The van der Waals surface area contributed by atoms with E-state index < -0.39 is 0 Å². The Morgan fingerprint density at radius 1 is 1.09 bits per heavy atom. The van der Waals surface area contributed by atoms with Crippen LogP contribution >= 0.6 is 11.8 Å². The molecule has 2 unspecified atom stereocenters. The van der Waals surface area contributed by atoms with Gasteiger partial charge >= 0.3 is 0 Å². The van der Waals surface area contributed by atoms with Crippen LogP contribution in [0.4, 0.5) is 0 Å². The smallest absolute Gasteiger partial charge is 0.221 e. The summed E-state index contributed by atoms with van der Waals surface area (Å²) in [7, 11) is 0. The number of carbonyl (C=O) groups excluding carboxylic acids is 1. The van der Waals surface area contributed by atoms with Crippen molar-refractivity contribution in [3.05, 3.63) is 66.2 Å². The van der Waals surface area contributed by atoms with Crippen molar-refractivity contribution in [3.63, 3.8) is 0 Å². The fourth-order valence-corrected chi connectivity index (χ4v) is 3.07. The largest absolute Gasteiger partial charge is 0.355 e. The molecule has 2 rings (SSSR count). The molecule has 0 heterocycles. The second-order valence-electron chi connectivity index (χ2n) is 5.27. The van der Waals surface area contributed by atoms with Crippen LogP contribution in [0.2, 0.25) is 0 Å². The van der Waals surface area contributed by atoms with Crippen molar-refractivity contribution in [2.45, 2.75) is 29.5 Å². The lowest BCUT2D eigenvalue weighted by Crippen LogP contribution is -2.31. The van der Waals surface area contributed by atoms with Crippen LogP contribution in [0.25, 0.3) is 0 Å². The molecule has 3 N–H and O–H groups in total. The quantitative estimate of drug-likeness (QED) is 0.770. The molecule has 3 nitrogen and oxygen atoms in total. The highest BCUT2D eigenvalue weighted by atomic mass is 32.2. The van der Waals surface area contributed by atoms with E-state index in [-0.39, 0.29) is 11.9 Å². The fraction of sp³-hybridized carbons (Fsp3) is 0.278. The summed E-state index contributed by atoms with van der Waals surface area (Å²) in [6, 6.07) is 19.7. The van der Waals surface area contributed by atoms with Crippen LogP contribution in [0.5, 0.6) is 0 Å². The Kier molecular flexibility index (Phi) is 6.49. The standard InChI is InChI=1S/C18H22N2OS/c1-14(22-16-10-6-3-7-11-16)13-20-18(21)12-17(19)15-8-4-2-5-9-15/h2-11,14,17H,12-13,19H2,1H3,(H,20,21). The molecule has 2 aromatic carbocycles. The Balaban J connectivity index is 1.73. The van der Waals surface area contributed by atoms with E-state index in [0.717, 1.165) is 5.56 Å². The zero-order valence-electron chi connectivity index (χ0n) is 12.7. The summed E-state index contributed by atoms with van der Waals surface area (Å²) in [6.07, 6.45) is 0.312. The molecule has 4 heteroatoms. The molecule has 0 spiro atoms. The minimum Gasteiger partial charge on any atom is -0.355 e. The Hall–Kier alpha value is -1.78. The van der Waals surface area contributed by atoms with Gasteiger partial charge in [0.25, 0.3) is 0 Å². The summed E-state index contributed by atoms with van der Waals surface area (Å²) in [5.41, 5.74) is 7.05. The molecule has 116 valence electrons. The maximum Gasteiger partial charge on any atom is 0.221 e. The van der Waals surface area contributed by atoms with E-state index in [1.165, 1.54) is 4.90 Å². The average molecular weight is 314 g/mol. The summed E-state index contributed by atoms with van der Waals surface area (Å²) in [5.74, 6) is -0.00290. The summed E-state index contributed by atoms with van der Waals surface area (Å²) >= 11 is 1.75. The van der Waals surface area contributed by atoms with Crippen LogP contribution in [-0.4, -0.2) is 17.7 Å². The molecule has 0 saturated carbocycles. The van der Waals surface area contributed by atoms with Crippen molar-refractivity contribution in [1.82, 2.24) is 5.32 Å². The molecular formula is C18H22N2OS. The lowest BCUT2D eigenvalue weighted by molar-refractivity contribution is -0.121. The number of nitrogens with one attached hydrogen (secondary N) is 1. The van der Waals surface area contributed by atoms with Crippen molar-refractivity contribution in [2.24, 2.45) is 5.73 Å². The number of rotatable bonds is 7. The molecular weight excluding hydrogens is 292 g/mol. The second kappa shape index (κ2) is 8.61. The highest BCUT2D eigenvalue weighted by molar-refractivity contribution is 8.00. The van der Waals surface area contributed by atoms with Crippen molar-refractivity contribution >= 4 is 17.7 Å². The van der Waals surface area contributed by atoms with Gasteiger partial charge in [-0.3, -0.25) is 4.79 Å². The summed E-state index contributed by atoms with van der Waals surface area (Å²) in [5, 5.41) is 3.28. The van der Waals surface area contributed by atoms with Gasteiger partial charge < -0.3 is 11.1 Å². The summed E-state index contributed by atoms with van der Waals surface area (Å²) in [4.78, 5) is 13.2. The highest BCUT2D eigenvalue weighted by Crippen LogP contribution is 2.22. The predicted octanol–water partition coefficient (Wildman–Crippen LogP) is 3.37. The number of nitrogens with two attached hydrogens (primary N) is 1. The molecule has 22 heavy (non-hydrogen) atoms. The third-order valence-corrected chi connectivity index (χ3v) is 4.41. The van der Waals surface area contributed by atoms with E-state index in [1.54, 1.807) is 11.8 Å². The van der Waals surface area contributed by atoms with Gasteiger partial charge in [0.1, 0.15) is 0 Å². The van der Waals surface area contributed by atoms with Gasteiger partial charge in [-0.25, -0.2) is 0 Å². The maximum absolute atomic E-state index is 12.0. The summed E-state index contributed by atoms with van der Waals surface area (Å²) in [6.45, 7) is 2.75. The Morgan fingerprint density at radius 2 is 1.68 bits per heavy atom. The third-order valence-electron chi connectivity index (χ3n) is 3.30. The zero-order valence-corrected chi connectivity index (χ0v) is 13.6. The SMILES string of the molecule is CC(CNC(=O)CC(N)c1ccccc1)Sc1ccccc1. The van der Waals surface area contributed by atoms with Crippen LogP contribution in [0.3, 0.4) is 0 Å². The van der Waals surface area contributed by atoms with Crippen LogP contribution in [0.1, 0.15) is 24.9 Å². The molecule has 0 aliphatic carbocycles. The molecule has 0 saturated heterocycles. The highest BCUT2D eigenvalue weighted by Gasteiger charge is 2.12. The Morgan fingerprint density at radius 3 is 2.32 bits per heavy atom. The predicted molar refractivity (Wildman–Crippen MR) is 92.8 cm³/mol. The van der Waals surface area contributed by atoms with Gasteiger partial charge in [0, 0.05) is 29.2 Å². The van der Waals surface area contributed by atoms with Gasteiger partial charge in [-0.2, -0.15) is 0 Å². The van der Waals surface area contributed by atoms with E-state index in [1.807, 2.05) is 48.5 Å². The Bertz CT molecular complexity index is 574. The maximum atomic E-state index is 12.0. The molecule has 0 aliphatic heterocycles. The van der Waals surface area contributed by atoms with Crippen molar-refractivity contribution in [2.75, 3.05) is 6.54 Å². The van der Waals surface area contributed by atoms with Crippen LogP contribution in [0, 0.1) is 0 Å². The molecule has 2 atom stereocenters. The molecule has 2 aromatic rings. The van der Waals surface area contributed by atoms with Crippen LogP contribution in [-0.2, 0) is 4.79 Å². The van der Waals surface area contributed by atoms with Gasteiger partial charge in [-0.1, -0.05) is 55.5 Å². The monoisotopic (exact) mass is 314 g/mol. The van der Waals surface area contributed by atoms with Crippen LogP contribution in [0.15, 0.2) is 65.6 Å². The number of hydrogen-bond donors (Lipinski definition) is 2. The van der Waals surface area contributed by atoms with Gasteiger partial charge in [0.05, 0.1) is 0 Å². The topological polar surface area (TPSA) is 55.1 Å². The number of carbonyl (C=O) groups is 1. The normalized spacial score (nSPS) is 13.4. The van der Waals surface area contributed by atoms with Crippen molar-refractivity contribution < 1.29 is 4.79 Å². The van der Waals surface area contributed by atoms with E-state index in [0.29, 0.717) is 18.2 Å². The number of amides is 1. The lowest BCUT2D eigenvalue weighted by Gasteiger charge is -2.15. The summed E-state index contributed by atoms with van der Waals surface area (Å²) < 4.78 is 0. The number of hydrogen-bond acceptors (Lipinski definition) is 3. The van der Waals surface area contributed by atoms with Gasteiger partial charge in [0.15, 0.2) is 0 Å². The van der Waals surface area contributed by atoms with Crippen molar-refractivity contribution in [1.29, 1.82) is 0 Å². The molecule has 0 aliphatic rings. The van der Waals surface area contributed by atoms with Crippen LogP contribution < -0.4 is 11.1 Å². The number of thioether (sulfide) groups is 1. The van der Waals surface area contributed by atoms with E-state index in [4.69, 9.17) is 5.73 Å². The molecule has 1 amide bonds. The third kappa shape index (κ3) is 5.54. The first kappa shape index (κ1) is 16.6. The van der Waals surface area contributed by atoms with Gasteiger partial charge in [-0.15, -0.1) is 11.8 Å². The van der Waals surface area contributed by atoms with E-state index >= 15 is 0 Å². The van der Waals surface area contributed by atoms with Gasteiger partial charge in [-0.05, 0) is 17.7 Å². The number of benzene rings is 2. The van der Waals surface area contributed by atoms with E-state index in [2.05, 4.69) is 24.4 Å². The molecule has 0 bridgehead atoms. The molecule has 0 radical (unpaired) electrons. The first-order valence-electron chi connectivity index (χ1n) is 7.44. The molecule has 0 aromatic heterocycles. The molecule has 0 fully saturated rings. The Labute approximate surface area is 136 Å². The first-order chi connectivity index (χ1) is 10.6. The average Bonchev–Trinajstić information content (AvgIpc) is 2.55.